The van der Waals surface area contributed by atoms with Crippen molar-refractivity contribution in [3.05, 3.63) is 46.5 Å². The van der Waals surface area contributed by atoms with Crippen LogP contribution in [0.5, 0.6) is 0 Å². The fourth-order valence-electron chi connectivity index (χ4n) is 2.48. The SMILES string of the molecule is CCSC1=C(C#N)[C@H](c2ccccc2)[C@@H](C(=O)OC)C(=O)N1. The van der Waals surface area contributed by atoms with Gasteiger partial charge in [-0.05, 0) is 11.3 Å². The third kappa shape index (κ3) is 3.00. The first-order valence-corrected chi connectivity index (χ1v) is 7.83. The first kappa shape index (κ1) is 16.1. The van der Waals surface area contributed by atoms with E-state index in [1.165, 1.54) is 18.9 Å². The lowest BCUT2D eigenvalue weighted by Gasteiger charge is -2.30. The fourth-order valence-corrected chi connectivity index (χ4v) is 3.27. The van der Waals surface area contributed by atoms with Gasteiger partial charge in [0.1, 0.15) is 5.92 Å². The lowest BCUT2D eigenvalue weighted by molar-refractivity contribution is -0.150. The number of hydrogen-bond acceptors (Lipinski definition) is 5. The Morgan fingerprint density at radius 3 is 2.64 bits per heavy atom. The lowest BCUT2D eigenvalue weighted by Crippen LogP contribution is -2.44. The summed E-state index contributed by atoms with van der Waals surface area (Å²) in [5.74, 6) is -2.04. The molecule has 0 unspecified atom stereocenters. The highest BCUT2D eigenvalue weighted by molar-refractivity contribution is 8.03. The molecule has 22 heavy (non-hydrogen) atoms. The molecule has 0 aromatic heterocycles. The molecule has 5 nitrogen and oxygen atoms in total. The Hall–Kier alpha value is -2.26. The highest BCUT2D eigenvalue weighted by Crippen LogP contribution is 2.39. The molecule has 0 aliphatic carbocycles. The largest absolute Gasteiger partial charge is 0.468 e. The Labute approximate surface area is 133 Å². The van der Waals surface area contributed by atoms with Crippen LogP contribution in [-0.2, 0) is 14.3 Å². The van der Waals surface area contributed by atoms with Gasteiger partial charge in [-0.3, -0.25) is 9.59 Å². The van der Waals surface area contributed by atoms with E-state index in [4.69, 9.17) is 4.74 Å². The van der Waals surface area contributed by atoms with Crippen molar-refractivity contribution in [3.8, 4) is 6.07 Å². The maximum absolute atomic E-state index is 12.4. The Morgan fingerprint density at radius 2 is 2.09 bits per heavy atom. The number of carbonyl (C=O) groups excluding carboxylic acids is 2. The molecule has 1 aromatic rings. The Morgan fingerprint density at radius 1 is 1.41 bits per heavy atom. The molecule has 114 valence electrons. The van der Waals surface area contributed by atoms with Crippen LogP contribution < -0.4 is 5.32 Å². The summed E-state index contributed by atoms with van der Waals surface area (Å²) in [4.78, 5) is 24.4. The number of ether oxygens (including phenoxy) is 1. The number of carbonyl (C=O) groups is 2. The summed E-state index contributed by atoms with van der Waals surface area (Å²) >= 11 is 1.38. The number of esters is 1. The molecular weight excluding hydrogens is 300 g/mol. The maximum atomic E-state index is 12.4. The average Bonchev–Trinajstić information content (AvgIpc) is 2.54. The van der Waals surface area contributed by atoms with Gasteiger partial charge in [0, 0.05) is 5.92 Å². The van der Waals surface area contributed by atoms with Crippen molar-refractivity contribution in [2.45, 2.75) is 12.8 Å². The Kier molecular flexibility index (Phi) is 5.23. The molecule has 1 aromatic carbocycles. The van der Waals surface area contributed by atoms with Crippen LogP contribution in [0.3, 0.4) is 0 Å². The summed E-state index contributed by atoms with van der Waals surface area (Å²) in [6.07, 6.45) is 0. The average molecular weight is 316 g/mol. The molecule has 1 heterocycles. The number of nitrogens with one attached hydrogen (secondary N) is 1. The summed E-state index contributed by atoms with van der Waals surface area (Å²) < 4.78 is 4.76. The standard InChI is InChI=1S/C16H16N2O3S/c1-3-22-15-11(9-17)12(10-7-5-4-6-8-10)13(14(19)18-15)16(20)21-2/h4-8,12-13H,3H2,1-2H3,(H,18,19)/t12-,13+/m0/s1. The van der Waals surface area contributed by atoms with Crippen molar-refractivity contribution in [1.29, 1.82) is 5.26 Å². The number of thioether (sulfide) groups is 1. The van der Waals surface area contributed by atoms with E-state index >= 15 is 0 Å². The molecule has 1 aliphatic heterocycles. The second kappa shape index (κ2) is 7.14. The first-order valence-electron chi connectivity index (χ1n) is 6.84. The molecule has 1 amide bonds. The lowest BCUT2D eigenvalue weighted by atomic mass is 9.78. The second-order valence-corrected chi connectivity index (χ2v) is 5.94. The molecular formula is C16H16N2O3S. The van der Waals surface area contributed by atoms with E-state index in [9.17, 15) is 14.9 Å². The monoisotopic (exact) mass is 316 g/mol. The van der Waals surface area contributed by atoms with E-state index < -0.39 is 23.7 Å². The van der Waals surface area contributed by atoms with Crippen LogP contribution in [0.25, 0.3) is 0 Å². The van der Waals surface area contributed by atoms with E-state index in [2.05, 4.69) is 11.4 Å². The molecule has 0 spiro atoms. The van der Waals surface area contributed by atoms with Gasteiger partial charge in [0.15, 0.2) is 0 Å². The van der Waals surface area contributed by atoms with Gasteiger partial charge < -0.3 is 10.1 Å². The molecule has 1 N–H and O–H groups in total. The van der Waals surface area contributed by atoms with Crippen LogP contribution >= 0.6 is 11.8 Å². The van der Waals surface area contributed by atoms with E-state index in [1.54, 1.807) is 0 Å². The Bertz CT molecular complexity index is 649. The van der Waals surface area contributed by atoms with Crippen LogP contribution in [-0.4, -0.2) is 24.7 Å². The van der Waals surface area contributed by atoms with Crippen molar-refractivity contribution < 1.29 is 14.3 Å². The zero-order valence-corrected chi connectivity index (χ0v) is 13.1. The molecule has 0 saturated carbocycles. The van der Waals surface area contributed by atoms with Crippen LogP contribution in [0.4, 0.5) is 0 Å². The van der Waals surface area contributed by atoms with Gasteiger partial charge in [-0.15, -0.1) is 11.8 Å². The van der Waals surface area contributed by atoms with E-state index in [1.807, 2.05) is 37.3 Å². The molecule has 2 atom stereocenters. The summed E-state index contributed by atoms with van der Waals surface area (Å²) in [5.41, 5.74) is 1.14. The van der Waals surface area contributed by atoms with E-state index in [0.717, 1.165) is 5.56 Å². The molecule has 2 rings (SSSR count). The van der Waals surface area contributed by atoms with Gasteiger partial charge in [-0.25, -0.2) is 0 Å². The molecule has 0 saturated heterocycles. The summed E-state index contributed by atoms with van der Waals surface area (Å²) in [6.45, 7) is 1.93. The third-order valence-electron chi connectivity index (χ3n) is 3.43. The van der Waals surface area contributed by atoms with Gasteiger partial charge in [0.05, 0.1) is 23.8 Å². The zero-order chi connectivity index (χ0) is 16.1. The predicted octanol–water partition coefficient (Wildman–Crippen LogP) is 2.18. The summed E-state index contributed by atoms with van der Waals surface area (Å²) in [5, 5.41) is 12.7. The van der Waals surface area contributed by atoms with Crippen molar-refractivity contribution in [3.63, 3.8) is 0 Å². The quantitative estimate of drug-likeness (QED) is 0.680. The highest BCUT2D eigenvalue weighted by atomic mass is 32.2. The highest BCUT2D eigenvalue weighted by Gasteiger charge is 2.44. The number of nitriles is 1. The molecule has 1 aliphatic rings. The van der Waals surface area contributed by atoms with Crippen molar-refractivity contribution >= 4 is 23.6 Å². The summed E-state index contributed by atoms with van der Waals surface area (Å²) in [6, 6.07) is 11.3. The van der Waals surface area contributed by atoms with Crippen molar-refractivity contribution in [2.24, 2.45) is 5.92 Å². The van der Waals surface area contributed by atoms with Crippen molar-refractivity contribution in [1.82, 2.24) is 5.32 Å². The van der Waals surface area contributed by atoms with Gasteiger partial charge in [-0.2, -0.15) is 5.26 Å². The fraction of sp³-hybridized carbons (Fsp3) is 0.312. The second-order valence-electron chi connectivity index (χ2n) is 4.67. The van der Waals surface area contributed by atoms with E-state index in [0.29, 0.717) is 16.4 Å². The number of benzene rings is 1. The number of methoxy groups -OCH3 is 1. The first-order chi connectivity index (χ1) is 10.6. The predicted molar refractivity (Wildman–Crippen MR) is 83.6 cm³/mol. The van der Waals surface area contributed by atoms with Crippen LogP contribution in [0.2, 0.25) is 0 Å². The smallest absolute Gasteiger partial charge is 0.319 e. The normalized spacial score (nSPS) is 21.0. The number of rotatable bonds is 4. The molecule has 0 bridgehead atoms. The zero-order valence-electron chi connectivity index (χ0n) is 12.3. The minimum absolute atomic E-state index is 0.396. The molecule has 6 heteroatoms. The van der Waals surface area contributed by atoms with Crippen LogP contribution in [0.15, 0.2) is 40.9 Å². The van der Waals surface area contributed by atoms with Gasteiger partial charge in [-0.1, -0.05) is 37.3 Å². The molecule has 0 fully saturated rings. The van der Waals surface area contributed by atoms with Gasteiger partial charge >= 0.3 is 5.97 Å². The Balaban J connectivity index is 2.60. The summed E-state index contributed by atoms with van der Waals surface area (Å²) in [7, 11) is 1.24. The van der Waals surface area contributed by atoms with E-state index in [-0.39, 0.29) is 0 Å². The number of hydrogen-bond donors (Lipinski definition) is 1. The minimum atomic E-state index is -1.05. The molecule has 0 radical (unpaired) electrons. The topological polar surface area (TPSA) is 79.2 Å². The maximum Gasteiger partial charge on any atom is 0.319 e. The van der Waals surface area contributed by atoms with Crippen LogP contribution in [0.1, 0.15) is 18.4 Å². The van der Waals surface area contributed by atoms with Crippen molar-refractivity contribution in [2.75, 3.05) is 12.9 Å². The number of allylic oxidation sites excluding steroid dienone is 1. The number of nitrogens with zero attached hydrogens (tertiary/aromatic N) is 1. The van der Waals surface area contributed by atoms with Gasteiger partial charge in [0.2, 0.25) is 5.91 Å². The minimum Gasteiger partial charge on any atom is -0.468 e. The third-order valence-corrected chi connectivity index (χ3v) is 4.33. The number of amides is 1. The van der Waals surface area contributed by atoms with Gasteiger partial charge in [0.25, 0.3) is 0 Å². The van der Waals surface area contributed by atoms with Crippen LogP contribution in [0, 0.1) is 17.2 Å².